The fraction of sp³-hybridized carbons (Fsp3) is 0.130. The molecule has 0 atom stereocenters. The van der Waals surface area contributed by atoms with Gasteiger partial charge in [0.05, 0.1) is 0 Å². The van der Waals surface area contributed by atoms with Crippen LogP contribution in [0.1, 0.15) is 19.4 Å². The fourth-order valence-corrected chi connectivity index (χ4v) is 2.79. The fourth-order valence-electron chi connectivity index (χ4n) is 2.79. The van der Waals surface area contributed by atoms with Gasteiger partial charge in [0.15, 0.2) is 0 Å². The van der Waals surface area contributed by atoms with Gasteiger partial charge < -0.3 is 9.47 Å². The van der Waals surface area contributed by atoms with Crippen LogP contribution in [0.25, 0.3) is 21.5 Å². The number of ether oxygens (including phenoxy) is 2. The van der Waals surface area contributed by atoms with Gasteiger partial charge in [-0.1, -0.05) is 55.1 Å². The van der Waals surface area contributed by atoms with Crippen molar-refractivity contribution < 1.29 is 19.1 Å². The zero-order valence-corrected chi connectivity index (χ0v) is 15.6. The number of hydrogen-bond donors (Lipinski definition) is 0. The van der Waals surface area contributed by atoms with E-state index in [4.69, 9.17) is 9.47 Å². The van der Waals surface area contributed by atoms with Gasteiger partial charge >= 0.3 is 11.9 Å². The molecule has 4 heteroatoms. The second-order valence-corrected chi connectivity index (χ2v) is 6.59. The molecule has 0 aliphatic rings. The third-order valence-corrected chi connectivity index (χ3v) is 4.17. The van der Waals surface area contributed by atoms with Crippen molar-refractivity contribution in [3.8, 4) is 11.5 Å². The van der Waals surface area contributed by atoms with Crippen LogP contribution < -0.4 is 9.47 Å². The largest absolute Gasteiger partial charge is 0.422 e. The minimum absolute atomic E-state index is 0.303. The number of hydrogen-bond acceptors (Lipinski definition) is 4. The van der Waals surface area contributed by atoms with Crippen molar-refractivity contribution in [3.05, 3.63) is 72.3 Å². The molecule has 4 nitrogen and oxygen atoms in total. The van der Waals surface area contributed by atoms with Gasteiger partial charge in [-0.2, -0.15) is 0 Å². The Hall–Kier alpha value is -3.40. The van der Waals surface area contributed by atoms with Crippen LogP contribution in [0, 0.1) is 6.92 Å². The van der Waals surface area contributed by atoms with Crippen molar-refractivity contribution in [3.63, 3.8) is 0 Å². The average Bonchev–Trinajstić information content (AvgIpc) is 2.63. The predicted octanol–water partition coefficient (Wildman–Crippen LogP) is 5.26. The Morgan fingerprint density at radius 3 is 1.67 bits per heavy atom. The van der Waals surface area contributed by atoms with Gasteiger partial charge in [-0.05, 0) is 26.8 Å². The van der Waals surface area contributed by atoms with Crippen molar-refractivity contribution in [1.82, 2.24) is 0 Å². The highest BCUT2D eigenvalue weighted by Crippen LogP contribution is 2.43. The molecule has 0 radical (unpaired) electrons. The van der Waals surface area contributed by atoms with E-state index in [1.807, 2.05) is 49.4 Å². The summed E-state index contributed by atoms with van der Waals surface area (Å²) in [6, 6.07) is 13.0. The lowest BCUT2D eigenvalue weighted by Gasteiger charge is -2.17. The van der Waals surface area contributed by atoms with E-state index >= 15 is 0 Å². The van der Waals surface area contributed by atoms with Crippen molar-refractivity contribution in [1.29, 1.82) is 0 Å². The first-order valence-electron chi connectivity index (χ1n) is 8.50. The second-order valence-electron chi connectivity index (χ2n) is 6.59. The number of aryl methyl sites for hydroxylation is 1. The van der Waals surface area contributed by atoms with Gasteiger partial charge in [0.25, 0.3) is 0 Å². The van der Waals surface area contributed by atoms with Crippen LogP contribution in [0.4, 0.5) is 0 Å². The van der Waals surface area contributed by atoms with Gasteiger partial charge in [0, 0.05) is 32.7 Å². The molecule has 0 N–H and O–H groups in total. The maximum absolute atomic E-state index is 12.2. The Morgan fingerprint density at radius 2 is 1.19 bits per heavy atom. The Balaban J connectivity index is 2.39. The van der Waals surface area contributed by atoms with Gasteiger partial charge in [0.2, 0.25) is 0 Å². The number of fused-ring (bicyclic) bond motifs is 2. The minimum Gasteiger partial charge on any atom is -0.422 e. The molecule has 0 spiro atoms. The number of rotatable bonds is 4. The molecule has 3 rings (SSSR count). The lowest BCUT2D eigenvalue weighted by molar-refractivity contribution is -0.130. The van der Waals surface area contributed by atoms with Crippen molar-refractivity contribution in [2.45, 2.75) is 20.8 Å². The number of carbonyl (C=O) groups is 2. The van der Waals surface area contributed by atoms with Crippen molar-refractivity contribution in [2.75, 3.05) is 0 Å². The molecular formula is C23H20O4. The molecular weight excluding hydrogens is 340 g/mol. The van der Waals surface area contributed by atoms with E-state index in [0.29, 0.717) is 44.2 Å². The quantitative estimate of drug-likeness (QED) is 0.275. The normalized spacial score (nSPS) is 10.6. The summed E-state index contributed by atoms with van der Waals surface area (Å²) in [6.07, 6.45) is 0. The standard InChI is InChI=1S/C23H20O4/c1-13(2)22(24)26-20-16-8-6-7-9-17(16)21(27-23(25)14(3)4)19-12-15(5)10-11-18(19)20/h6-12H,1,3H2,2,4-5H3. The topological polar surface area (TPSA) is 52.6 Å². The van der Waals surface area contributed by atoms with Crippen LogP contribution in [0.2, 0.25) is 0 Å². The maximum atomic E-state index is 12.2. The summed E-state index contributed by atoms with van der Waals surface area (Å²) in [6.45, 7) is 12.4. The molecule has 136 valence electrons. The lowest BCUT2D eigenvalue weighted by Crippen LogP contribution is -2.11. The zero-order chi connectivity index (χ0) is 19.7. The van der Waals surface area contributed by atoms with E-state index in [9.17, 15) is 9.59 Å². The molecule has 0 bridgehead atoms. The molecule has 3 aromatic rings. The molecule has 0 heterocycles. The van der Waals surface area contributed by atoms with Crippen LogP contribution >= 0.6 is 0 Å². The Morgan fingerprint density at radius 1 is 0.741 bits per heavy atom. The lowest BCUT2D eigenvalue weighted by atomic mass is 9.99. The Bertz CT molecular complexity index is 1120. The van der Waals surface area contributed by atoms with E-state index in [-0.39, 0.29) is 0 Å². The summed E-state index contributed by atoms with van der Waals surface area (Å²) in [5, 5.41) is 2.72. The predicted molar refractivity (Wildman–Crippen MR) is 107 cm³/mol. The number of carbonyl (C=O) groups excluding carboxylic acids is 2. The van der Waals surface area contributed by atoms with Gasteiger partial charge in [0.1, 0.15) is 11.5 Å². The maximum Gasteiger partial charge on any atom is 0.338 e. The third kappa shape index (κ3) is 3.47. The summed E-state index contributed by atoms with van der Waals surface area (Å²) in [7, 11) is 0. The Labute approximate surface area is 157 Å². The number of esters is 2. The van der Waals surface area contributed by atoms with Gasteiger partial charge in [-0.25, -0.2) is 9.59 Å². The van der Waals surface area contributed by atoms with E-state index in [2.05, 4.69) is 13.2 Å². The highest BCUT2D eigenvalue weighted by Gasteiger charge is 2.20. The minimum atomic E-state index is -0.506. The first-order valence-corrected chi connectivity index (χ1v) is 8.50. The summed E-state index contributed by atoms with van der Waals surface area (Å²) in [5.74, 6) is -0.167. The number of benzene rings is 3. The highest BCUT2D eigenvalue weighted by molar-refractivity contribution is 6.13. The molecule has 0 unspecified atom stereocenters. The van der Waals surface area contributed by atoms with Crippen LogP contribution in [-0.2, 0) is 9.59 Å². The SMILES string of the molecule is C=C(C)C(=O)Oc1c2ccccc2c(OC(=O)C(=C)C)c2cc(C)ccc12. The first-order chi connectivity index (χ1) is 12.8. The van der Waals surface area contributed by atoms with Crippen molar-refractivity contribution in [2.24, 2.45) is 0 Å². The van der Waals surface area contributed by atoms with E-state index < -0.39 is 11.9 Å². The summed E-state index contributed by atoms with van der Waals surface area (Å²) in [4.78, 5) is 24.4. The van der Waals surface area contributed by atoms with Gasteiger partial charge in [-0.15, -0.1) is 0 Å². The molecule has 0 fully saturated rings. The monoisotopic (exact) mass is 360 g/mol. The molecule has 0 saturated heterocycles. The molecule has 0 saturated carbocycles. The second kappa shape index (κ2) is 7.08. The van der Waals surface area contributed by atoms with E-state index in [1.54, 1.807) is 13.8 Å². The zero-order valence-electron chi connectivity index (χ0n) is 15.6. The van der Waals surface area contributed by atoms with Crippen LogP contribution in [-0.4, -0.2) is 11.9 Å². The molecule has 0 aliphatic carbocycles. The smallest absolute Gasteiger partial charge is 0.338 e. The van der Waals surface area contributed by atoms with Crippen LogP contribution in [0.5, 0.6) is 11.5 Å². The molecule has 0 amide bonds. The Kier molecular flexibility index (Phi) is 4.82. The highest BCUT2D eigenvalue weighted by atomic mass is 16.5. The van der Waals surface area contributed by atoms with Crippen molar-refractivity contribution >= 4 is 33.5 Å². The van der Waals surface area contributed by atoms with Crippen LogP contribution in [0.15, 0.2) is 66.8 Å². The first kappa shape index (κ1) is 18.4. The molecule has 0 aliphatic heterocycles. The van der Waals surface area contributed by atoms with Crippen LogP contribution in [0.3, 0.4) is 0 Å². The molecule has 27 heavy (non-hydrogen) atoms. The summed E-state index contributed by atoms with van der Waals surface area (Å²) in [5.41, 5.74) is 1.59. The summed E-state index contributed by atoms with van der Waals surface area (Å²) < 4.78 is 11.3. The molecule has 0 aromatic heterocycles. The van der Waals surface area contributed by atoms with E-state index in [0.717, 1.165) is 5.56 Å². The summed E-state index contributed by atoms with van der Waals surface area (Å²) >= 11 is 0. The molecule has 3 aromatic carbocycles. The van der Waals surface area contributed by atoms with E-state index in [1.165, 1.54) is 0 Å². The van der Waals surface area contributed by atoms with Gasteiger partial charge in [-0.3, -0.25) is 0 Å². The average molecular weight is 360 g/mol. The third-order valence-electron chi connectivity index (χ3n) is 4.17.